The highest BCUT2D eigenvalue weighted by Crippen LogP contribution is 2.47. The first-order chi connectivity index (χ1) is 20.2. The lowest BCUT2D eigenvalue weighted by Crippen LogP contribution is -2.45. The monoisotopic (exact) mass is 617 g/mol. The molecule has 7 rings (SSSR count). The SMILES string of the molecule is O=C(O)c1ccc(-c2csc(N3[C@@H]4CC[C@H]3C[C@H](OCc3c(-c5ccccc5OC(F)(F)F)noc3C3CC3)C4)n2)s1. The summed E-state index contributed by atoms with van der Waals surface area (Å²) in [5.74, 6) is -0.379. The van der Waals surface area contributed by atoms with E-state index in [4.69, 9.17) is 14.2 Å². The van der Waals surface area contributed by atoms with Crippen molar-refractivity contribution < 1.29 is 37.1 Å². The van der Waals surface area contributed by atoms with Gasteiger partial charge in [-0.2, -0.15) is 0 Å². The molecule has 1 saturated carbocycles. The van der Waals surface area contributed by atoms with E-state index in [1.165, 1.54) is 23.5 Å². The number of benzene rings is 1. The van der Waals surface area contributed by atoms with Gasteiger partial charge in [-0.25, -0.2) is 9.78 Å². The molecule has 4 aromatic rings. The number of thiazole rings is 1. The Labute approximate surface area is 246 Å². The molecule has 2 bridgehead atoms. The first-order valence-electron chi connectivity index (χ1n) is 13.8. The lowest BCUT2D eigenvalue weighted by molar-refractivity contribution is -0.274. The van der Waals surface area contributed by atoms with E-state index < -0.39 is 12.3 Å². The van der Waals surface area contributed by atoms with Crippen molar-refractivity contribution in [2.45, 2.75) is 75.6 Å². The van der Waals surface area contributed by atoms with Crippen molar-refractivity contribution >= 4 is 33.8 Å². The van der Waals surface area contributed by atoms with Crippen LogP contribution in [0.15, 0.2) is 46.3 Å². The number of carbonyl (C=O) groups is 1. The Hall–Kier alpha value is -3.42. The Kier molecular flexibility index (Phi) is 6.98. The summed E-state index contributed by atoms with van der Waals surface area (Å²) in [4.78, 5) is 19.6. The first kappa shape index (κ1) is 27.4. The molecule has 3 fully saturated rings. The molecule has 42 heavy (non-hydrogen) atoms. The van der Waals surface area contributed by atoms with Crippen LogP contribution in [0.25, 0.3) is 21.8 Å². The van der Waals surface area contributed by atoms with Crippen molar-refractivity contribution in [3.8, 4) is 27.6 Å². The Morgan fingerprint density at radius 2 is 1.86 bits per heavy atom. The summed E-state index contributed by atoms with van der Waals surface area (Å²) in [5, 5.41) is 16.3. The number of carboxylic acid groups (broad SMARTS) is 1. The van der Waals surface area contributed by atoms with E-state index in [-0.39, 0.29) is 46.9 Å². The average molecular weight is 618 g/mol. The molecule has 2 aliphatic heterocycles. The van der Waals surface area contributed by atoms with Crippen LogP contribution in [-0.2, 0) is 11.3 Å². The third kappa shape index (κ3) is 5.40. The van der Waals surface area contributed by atoms with Crippen molar-refractivity contribution in [3.63, 3.8) is 0 Å². The van der Waals surface area contributed by atoms with Crippen molar-refractivity contribution in [2.75, 3.05) is 4.90 Å². The minimum Gasteiger partial charge on any atom is -0.477 e. The van der Waals surface area contributed by atoms with Crippen LogP contribution in [0.2, 0.25) is 0 Å². The number of para-hydroxylation sites is 1. The molecule has 3 aliphatic rings. The summed E-state index contributed by atoms with van der Waals surface area (Å²) < 4.78 is 55.7. The van der Waals surface area contributed by atoms with Crippen molar-refractivity contribution in [2.24, 2.45) is 0 Å². The van der Waals surface area contributed by atoms with Crippen molar-refractivity contribution in [1.82, 2.24) is 10.1 Å². The number of hydrogen-bond acceptors (Lipinski definition) is 9. The standard InChI is InChI=1S/C29H26F3N3O5S2/c30-29(31,32)39-22-4-2-1-3-19(22)25-20(26(40-34-25)15-5-6-15)13-38-18-11-16-7-8-17(12-18)35(16)28-33-21(14-41-28)23-9-10-24(42-23)27(36)37/h1-4,9-10,14-18H,5-8,11-13H2,(H,36,37)/t16-,17+,18-. The summed E-state index contributed by atoms with van der Waals surface area (Å²) in [6.07, 6.45) is 0.706. The van der Waals surface area contributed by atoms with Crippen LogP contribution in [-0.4, -0.2) is 45.8 Å². The fourth-order valence-corrected chi connectivity index (χ4v) is 7.93. The van der Waals surface area contributed by atoms with Gasteiger partial charge in [0.1, 0.15) is 22.1 Å². The molecule has 8 nitrogen and oxygen atoms in total. The zero-order chi connectivity index (χ0) is 29.0. The van der Waals surface area contributed by atoms with Gasteiger partial charge in [-0.15, -0.1) is 35.8 Å². The van der Waals surface area contributed by atoms with E-state index in [0.717, 1.165) is 54.2 Å². The number of halogens is 3. The van der Waals surface area contributed by atoms with Gasteiger partial charge in [0.05, 0.1) is 23.3 Å². The van der Waals surface area contributed by atoms with Gasteiger partial charge in [0.2, 0.25) is 0 Å². The van der Waals surface area contributed by atoms with Gasteiger partial charge in [-0.05, 0) is 62.8 Å². The molecule has 1 aliphatic carbocycles. The second-order valence-corrected chi connectivity index (χ2v) is 12.8. The first-order valence-corrected chi connectivity index (χ1v) is 15.5. The maximum atomic E-state index is 13.1. The van der Waals surface area contributed by atoms with Crippen LogP contribution < -0.4 is 9.64 Å². The summed E-state index contributed by atoms with van der Waals surface area (Å²) in [7, 11) is 0. The van der Waals surface area contributed by atoms with Crippen LogP contribution in [0.4, 0.5) is 18.3 Å². The number of hydrogen-bond donors (Lipinski definition) is 1. The molecule has 1 aromatic carbocycles. The molecule has 5 heterocycles. The molecule has 3 aromatic heterocycles. The van der Waals surface area contributed by atoms with Gasteiger partial charge in [-0.1, -0.05) is 17.3 Å². The second-order valence-electron chi connectivity index (χ2n) is 10.9. The minimum atomic E-state index is -4.83. The molecular formula is C29H26F3N3O5S2. The highest BCUT2D eigenvalue weighted by Gasteiger charge is 2.43. The predicted octanol–water partition coefficient (Wildman–Crippen LogP) is 7.72. The number of ether oxygens (including phenoxy) is 2. The molecular weight excluding hydrogens is 591 g/mol. The zero-order valence-electron chi connectivity index (χ0n) is 22.2. The Morgan fingerprint density at radius 1 is 1.10 bits per heavy atom. The number of aromatic carboxylic acids is 1. The Bertz CT molecular complexity index is 1600. The molecule has 3 atom stereocenters. The fourth-order valence-electron chi connectivity index (χ4n) is 6.08. The fraction of sp³-hybridized carbons (Fsp3) is 0.414. The van der Waals surface area contributed by atoms with Crippen LogP contribution in [0, 0.1) is 0 Å². The van der Waals surface area contributed by atoms with Gasteiger partial charge in [0, 0.05) is 34.5 Å². The van der Waals surface area contributed by atoms with Gasteiger partial charge in [0.25, 0.3) is 0 Å². The van der Waals surface area contributed by atoms with Crippen LogP contribution in [0.3, 0.4) is 0 Å². The highest BCUT2D eigenvalue weighted by atomic mass is 32.1. The number of carboxylic acids is 1. The second kappa shape index (κ2) is 10.7. The number of fused-ring (bicyclic) bond motifs is 2. The van der Waals surface area contributed by atoms with E-state index >= 15 is 0 Å². The molecule has 0 spiro atoms. The van der Waals surface area contributed by atoms with E-state index in [1.54, 1.807) is 35.6 Å². The highest BCUT2D eigenvalue weighted by molar-refractivity contribution is 7.18. The van der Waals surface area contributed by atoms with Crippen molar-refractivity contribution in [3.05, 3.63) is 58.0 Å². The largest absolute Gasteiger partial charge is 0.573 e. The number of alkyl halides is 3. The number of thiophene rings is 1. The molecule has 2 saturated heterocycles. The van der Waals surface area contributed by atoms with Crippen LogP contribution in [0.5, 0.6) is 5.75 Å². The molecule has 1 N–H and O–H groups in total. The lowest BCUT2D eigenvalue weighted by Gasteiger charge is -2.38. The van der Waals surface area contributed by atoms with E-state index in [2.05, 4.69) is 14.8 Å². The molecule has 0 amide bonds. The van der Waals surface area contributed by atoms with Gasteiger partial charge >= 0.3 is 12.3 Å². The van der Waals surface area contributed by atoms with Gasteiger partial charge in [-0.3, -0.25) is 0 Å². The normalized spacial score (nSPS) is 22.1. The van der Waals surface area contributed by atoms with Crippen LogP contribution >= 0.6 is 22.7 Å². The van der Waals surface area contributed by atoms with Gasteiger partial charge in [0.15, 0.2) is 5.13 Å². The zero-order valence-corrected chi connectivity index (χ0v) is 23.8. The Morgan fingerprint density at radius 3 is 2.55 bits per heavy atom. The maximum absolute atomic E-state index is 13.1. The molecule has 220 valence electrons. The minimum absolute atomic E-state index is 0.0231. The molecule has 13 heteroatoms. The van der Waals surface area contributed by atoms with E-state index in [1.807, 2.05) is 5.38 Å². The maximum Gasteiger partial charge on any atom is 0.573 e. The molecule has 0 unspecified atom stereocenters. The van der Waals surface area contributed by atoms with E-state index in [0.29, 0.717) is 17.0 Å². The smallest absolute Gasteiger partial charge is 0.477 e. The summed E-state index contributed by atoms with van der Waals surface area (Å²) in [6.45, 7) is 0.195. The molecule has 0 radical (unpaired) electrons. The Balaban J connectivity index is 1.07. The number of aromatic nitrogens is 2. The average Bonchev–Trinajstić information content (AvgIpc) is 3.29. The van der Waals surface area contributed by atoms with Crippen LogP contribution in [0.1, 0.15) is 65.4 Å². The predicted molar refractivity (Wildman–Crippen MR) is 150 cm³/mol. The summed E-state index contributed by atoms with van der Waals surface area (Å²) in [6, 6.07) is 9.89. The lowest BCUT2D eigenvalue weighted by atomic mass is 10.00. The number of anilines is 1. The van der Waals surface area contributed by atoms with Crippen molar-refractivity contribution in [1.29, 1.82) is 0 Å². The number of rotatable bonds is 9. The topological polar surface area (TPSA) is 97.9 Å². The number of nitrogens with zero attached hydrogens (tertiary/aromatic N) is 3. The summed E-state index contributed by atoms with van der Waals surface area (Å²) >= 11 is 2.78. The number of piperidine rings is 1. The quantitative estimate of drug-likeness (QED) is 0.204. The van der Waals surface area contributed by atoms with E-state index in [9.17, 15) is 23.1 Å². The summed E-state index contributed by atoms with van der Waals surface area (Å²) in [5.41, 5.74) is 2.02. The van der Waals surface area contributed by atoms with Gasteiger partial charge < -0.3 is 24.0 Å². The third-order valence-electron chi connectivity index (χ3n) is 8.07. The third-order valence-corrected chi connectivity index (χ3v) is 10.0.